The maximum Gasteiger partial charge on any atom is 0.267 e. The highest BCUT2D eigenvalue weighted by Gasteiger charge is 2.13. The predicted octanol–water partition coefficient (Wildman–Crippen LogP) is 1.88. The Morgan fingerprint density at radius 3 is 2.75 bits per heavy atom. The molecule has 0 saturated heterocycles. The molecule has 0 atom stereocenters. The summed E-state index contributed by atoms with van der Waals surface area (Å²) in [7, 11) is 0. The van der Waals surface area contributed by atoms with Gasteiger partial charge in [0.2, 0.25) is 0 Å². The van der Waals surface area contributed by atoms with Gasteiger partial charge in [-0.1, -0.05) is 12.1 Å². The molecule has 1 aromatic heterocycles. The quantitative estimate of drug-likeness (QED) is 0.856. The highest BCUT2D eigenvalue weighted by Crippen LogP contribution is 2.18. The van der Waals surface area contributed by atoms with Crippen molar-refractivity contribution in [3.63, 3.8) is 0 Å². The van der Waals surface area contributed by atoms with Crippen LogP contribution in [0.3, 0.4) is 0 Å². The van der Waals surface area contributed by atoms with E-state index in [0.29, 0.717) is 5.69 Å². The zero-order valence-electron chi connectivity index (χ0n) is 8.64. The largest absolute Gasteiger partial charge is 0.364 e. The lowest BCUT2D eigenvalue weighted by atomic mass is 10.3. The molecule has 0 fully saturated rings. The zero-order chi connectivity index (χ0) is 11.7. The molecule has 5 heteroatoms. The number of hydrogen-bond donors (Lipinski definition) is 1. The van der Waals surface area contributed by atoms with E-state index in [0.717, 1.165) is 15.0 Å². The van der Waals surface area contributed by atoms with Crippen LogP contribution in [0, 0.1) is 10.5 Å². The summed E-state index contributed by atoms with van der Waals surface area (Å²) in [4.78, 5) is 11.3. The minimum Gasteiger partial charge on any atom is -0.364 e. The molecule has 0 unspecified atom stereocenters. The number of nitrogens with zero attached hydrogens (tertiary/aromatic N) is 2. The van der Waals surface area contributed by atoms with Crippen molar-refractivity contribution in [2.75, 3.05) is 0 Å². The van der Waals surface area contributed by atoms with Gasteiger partial charge >= 0.3 is 0 Å². The standard InChI is InChI=1S/C11H10IN3O/c1-7-6-10(11(13)16)15(14-7)9-5-3-2-4-8(9)12/h2-6H,1H3,(H2,13,16). The van der Waals surface area contributed by atoms with Gasteiger partial charge in [-0.2, -0.15) is 5.10 Å². The van der Waals surface area contributed by atoms with Gasteiger partial charge in [-0.3, -0.25) is 4.79 Å². The van der Waals surface area contributed by atoms with E-state index < -0.39 is 5.91 Å². The van der Waals surface area contributed by atoms with Crippen molar-refractivity contribution >= 4 is 28.5 Å². The van der Waals surface area contributed by atoms with Gasteiger partial charge in [0.25, 0.3) is 5.91 Å². The average Bonchev–Trinajstić information content (AvgIpc) is 2.61. The van der Waals surface area contributed by atoms with Gasteiger partial charge in [-0.25, -0.2) is 4.68 Å². The van der Waals surface area contributed by atoms with E-state index in [1.165, 1.54) is 0 Å². The summed E-state index contributed by atoms with van der Waals surface area (Å²) in [6.07, 6.45) is 0. The molecule has 16 heavy (non-hydrogen) atoms. The van der Waals surface area contributed by atoms with Crippen LogP contribution in [0.2, 0.25) is 0 Å². The summed E-state index contributed by atoms with van der Waals surface area (Å²) in [6, 6.07) is 9.38. The smallest absolute Gasteiger partial charge is 0.267 e. The molecule has 82 valence electrons. The van der Waals surface area contributed by atoms with Crippen molar-refractivity contribution in [3.05, 3.63) is 45.3 Å². The summed E-state index contributed by atoms with van der Waals surface area (Å²) in [5, 5.41) is 4.27. The number of carbonyl (C=O) groups excluding carboxylic acids is 1. The van der Waals surface area contributed by atoms with Crippen molar-refractivity contribution in [2.24, 2.45) is 5.73 Å². The third kappa shape index (κ3) is 1.95. The molecule has 0 bridgehead atoms. The third-order valence-electron chi connectivity index (χ3n) is 2.16. The van der Waals surface area contributed by atoms with Crippen molar-refractivity contribution < 1.29 is 4.79 Å². The monoisotopic (exact) mass is 327 g/mol. The second-order valence-electron chi connectivity index (χ2n) is 3.40. The van der Waals surface area contributed by atoms with Gasteiger partial charge in [0.15, 0.2) is 0 Å². The topological polar surface area (TPSA) is 60.9 Å². The van der Waals surface area contributed by atoms with E-state index in [1.807, 2.05) is 31.2 Å². The van der Waals surface area contributed by atoms with Crippen LogP contribution in [-0.4, -0.2) is 15.7 Å². The first-order chi connectivity index (χ1) is 7.59. The number of hydrogen-bond acceptors (Lipinski definition) is 2. The molecule has 2 aromatic rings. The van der Waals surface area contributed by atoms with E-state index >= 15 is 0 Å². The molecule has 0 radical (unpaired) electrons. The molecule has 0 aliphatic heterocycles. The molecular weight excluding hydrogens is 317 g/mol. The Labute approximate surface area is 107 Å². The summed E-state index contributed by atoms with van der Waals surface area (Å²) in [6.45, 7) is 1.83. The number of nitrogens with two attached hydrogens (primary N) is 1. The summed E-state index contributed by atoms with van der Waals surface area (Å²) < 4.78 is 2.60. The van der Waals surface area contributed by atoms with E-state index in [2.05, 4.69) is 27.7 Å². The first kappa shape index (κ1) is 11.1. The number of benzene rings is 1. The van der Waals surface area contributed by atoms with Gasteiger partial charge in [0.1, 0.15) is 5.69 Å². The number of aryl methyl sites for hydroxylation is 1. The van der Waals surface area contributed by atoms with E-state index in [4.69, 9.17) is 5.73 Å². The molecule has 2 N–H and O–H groups in total. The number of carbonyl (C=O) groups is 1. The Morgan fingerprint density at radius 1 is 1.44 bits per heavy atom. The van der Waals surface area contributed by atoms with Gasteiger partial charge in [0.05, 0.1) is 11.4 Å². The van der Waals surface area contributed by atoms with Crippen LogP contribution < -0.4 is 5.73 Å². The van der Waals surface area contributed by atoms with E-state index in [-0.39, 0.29) is 0 Å². The minimum atomic E-state index is -0.472. The van der Waals surface area contributed by atoms with Crippen molar-refractivity contribution in [3.8, 4) is 5.69 Å². The number of rotatable bonds is 2. The molecule has 0 saturated carbocycles. The van der Waals surface area contributed by atoms with Gasteiger partial charge in [-0.05, 0) is 47.7 Å². The molecule has 2 rings (SSSR count). The maximum absolute atomic E-state index is 11.3. The Morgan fingerprint density at radius 2 is 2.12 bits per heavy atom. The maximum atomic E-state index is 11.3. The third-order valence-corrected chi connectivity index (χ3v) is 3.08. The lowest BCUT2D eigenvalue weighted by Gasteiger charge is -2.06. The van der Waals surface area contributed by atoms with Crippen molar-refractivity contribution in [1.82, 2.24) is 9.78 Å². The molecular formula is C11H10IN3O. The summed E-state index contributed by atoms with van der Waals surface area (Å²) in [5.74, 6) is -0.472. The first-order valence-corrected chi connectivity index (χ1v) is 5.79. The molecule has 0 aliphatic rings. The lowest BCUT2D eigenvalue weighted by molar-refractivity contribution is 0.0993. The van der Waals surface area contributed by atoms with Crippen LogP contribution in [-0.2, 0) is 0 Å². The summed E-state index contributed by atoms with van der Waals surface area (Å²) >= 11 is 2.20. The highest BCUT2D eigenvalue weighted by molar-refractivity contribution is 14.1. The van der Waals surface area contributed by atoms with E-state index in [1.54, 1.807) is 10.7 Å². The molecule has 1 aromatic carbocycles. The first-order valence-electron chi connectivity index (χ1n) is 4.71. The number of primary amides is 1. The second-order valence-corrected chi connectivity index (χ2v) is 4.56. The fourth-order valence-corrected chi connectivity index (χ4v) is 2.10. The second kappa shape index (κ2) is 4.25. The Balaban J connectivity index is 2.64. The number of para-hydroxylation sites is 1. The van der Waals surface area contributed by atoms with E-state index in [9.17, 15) is 4.79 Å². The fourth-order valence-electron chi connectivity index (χ4n) is 1.48. The van der Waals surface area contributed by atoms with Crippen molar-refractivity contribution in [2.45, 2.75) is 6.92 Å². The van der Waals surface area contributed by atoms with Crippen LogP contribution in [0.4, 0.5) is 0 Å². The summed E-state index contributed by atoms with van der Waals surface area (Å²) in [5.41, 5.74) is 7.35. The highest BCUT2D eigenvalue weighted by atomic mass is 127. The van der Waals surface area contributed by atoms with Gasteiger partial charge < -0.3 is 5.73 Å². The predicted molar refractivity (Wildman–Crippen MR) is 69.5 cm³/mol. The van der Waals surface area contributed by atoms with Gasteiger partial charge in [0, 0.05) is 3.57 Å². The number of halogens is 1. The molecule has 4 nitrogen and oxygen atoms in total. The van der Waals surface area contributed by atoms with Crippen LogP contribution >= 0.6 is 22.6 Å². The molecule has 1 amide bonds. The Hall–Kier alpha value is -1.37. The van der Waals surface area contributed by atoms with Gasteiger partial charge in [-0.15, -0.1) is 0 Å². The van der Waals surface area contributed by atoms with Crippen LogP contribution in [0.5, 0.6) is 0 Å². The fraction of sp³-hybridized carbons (Fsp3) is 0.0909. The average molecular weight is 327 g/mol. The Kier molecular flexibility index (Phi) is 2.95. The normalized spacial score (nSPS) is 10.4. The lowest BCUT2D eigenvalue weighted by Crippen LogP contribution is -2.17. The Bertz CT molecular complexity index is 548. The van der Waals surface area contributed by atoms with Crippen LogP contribution in [0.1, 0.15) is 16.2 Å². The zero-order valence-corrected chi connectivity index (χ0v) is 10.8. The number of amides is 1. The van der Waals surface area contributed by atoms with Crippen LogP contribution in [0.15, 0.2) is 30.3 Å². The minimum absolute atomic E-state index is 0.404. The van der Waals surface area contributed by atoms with Crippen molar-refractivity contribution in [1.29, 1.82) is 0 Å². The molecule has 0 spiro atoms. The molecule has 1 heterocycles. The SMILES string of the molecule is Cc1cc(C(N)=O)n(-c2ccccc2I)n1. The van der Waals surface area contributed by atoms with Crippen LogP contribution in [0.25, 0.3) is 5.69 Å². The molecule has 0 aliphatic carbocycles. The number of aromatic nitrogens is 2.